The molecule has 0 unspecified atom stereocenters. The van der Waals surface area contributed by atoms with Gasteiger partial charge in [-0.1, -0.05) is 12.1 Å². The molecule has 0 aromatic heterocycles. The van der Waals surface area contributed by atoms with Gasteiger partial charge in [0.25, 0.3) is 5.69 Å². The average Bonchev–Trinajstić information content (AvgIpc) is 2.36. The maximum atomic E-state index is 11.6. The van der Waals surface area contributed by atoms with Gasteiger partial charge in [-0.3, -0.25) is 14.9 Å². The number of amides is 1. The van der Waals surface area contributed by atoms with Gasteiger partial charge in [0.1, 0.15) is 5.69 Å². The van der Waals surface area contributed by atoms with Crippen LogP contribution in [0.15, 0.2) is 24.3 Å². The van der Waals surface area contributed by atoms with Crippen molar-refractivity contribution in [1.29, 1.82) is 0 Å². The fraction of sp³-hybridized carbons (Fsp3) is 0.417. The van der Waals surface area contributed by atoms with E-state index in [9.17, 15) is 14.9 Å². The van der Waals surface area contributed by atoms with Crippen molar-refractivity contribution in [1.82, 2.24) is 5.32 Å². The fourth-order valence-electron chi connectivity index (χ4n) is 1.42. The summed E-state index contributed by atoms with van der Waals surface area (Å²) in [4.78, 5) is 21.9. The molecule has 0 saturated heterocycles. The molecule has 19 heavy (non-hydrogen) atoms. The Balaban J connectivity index is 2.63. The van der Waals surface area contributed by atoms with Crippen LogP contribution >= 0.6 is 0 Å². The van der Waals surface area contributed by atoms with Crippen LogP contribution in [0.1, 0.15) is 13.8 Å². The van der Waals surface area contributed by atoms with Gasteiger partial charge in [-0.15, -0.1) is 0 Å². The molecule has 1 rings (SSSR count). The van der Waals surface area contributed by atoms with Crippen LogP contribution in [0.25, 0.3) is 0 Å². The second-order valence-corrected chi connectivity index (χ2v) is 4.72. The van der Waals surface area contributed by atoms with Crippen LogP contribution in [0, 0.1) is 10.1 Å². The van der Waals surface area contributed by atoms with E-state index >= 15 is 0 Å². The molecular weight excluding hydrogens is 250 g/mol. The lowest BCUT2D eigenvalue weighted by molar-refractivity contribution is -0.383. The van der Waals surface area contributed by atoms with Crippen molar-refractivity contribution in [3.05, 3.63) is 34.4 Å². The molecule has 104 valence electrons. The van der Waals surface area contributed by atoms with Crippen LogP contribution in [0.5, 0.6) is 0 Å². The van der Waals surface area contributed by atoms with Gasteiger partial charge in [-0.25, -0.2) is 0 Å². The van der Waals surface area contributed by atoms with Crippen LogP contribution in [0.3, 0.4) is 0 Å². The van der Waals surface area contributed by atoms with Crippen molar-refractivity contribution in [3.63, 3.8) is 0 Å². The Morgan fingerprint density at radius 3 is 2.63 bits per heavy atom. The summed E-state index contributed by atoms with van der Waals surface area (Å²) in [5, 5.41) is 25.1. The standard InChI is InChI=1S/C12H17N3O4/c1-12(2,8-16)14-11(17)7-13-9-5-3-4-6-10(9)15(18)19/h3-6,13,16H,7-8H2,1-2H3,(H,14,17). The number of nitrogens with one attached hydrogen (secondary N) is 2. The van der Waals surface area contributed by atoms with E-state index in [4.69, 9.17) is 5.11 Å². The first-order chi connectivity index (χ1) is 8.85. The Hall–Kier alpha value is -2.15. The van der Waals surface area contributed by atoms with Crippen LogP contribution in [-0.2, 0) is 4.79 Å². The van der Waals surface area contributed by atoms with E-state index < -0.39 is 10.5 Å². The smallest absolute Gasteiger partial charge is 0.292 e. The van der Waals surface area contributed by atoms with Gasteiger partial charge in [0.2, 0.25) is 5.91 Å². The van der Waals surface area contributed by atoms with Crippen molar-refractivity contribution in [2.45, 2.75) is 19.4 Å². The van der Waals surface area contributed by atoms with E-state index in [1.165, 1.54) is 12.1 Å². The number of aliphatic hydroxyl groups excluding tert-OH is 1. The van der Waals surface area contributed by atoms with E-state index in [1.54, 1.807) is 26.0 Å². The minimum atomic E-state index is -0.721. The first-order valence-corrected chi connectivity index (χ1v) is 5.75. The molecule has 0 heterocycles. The number of anilines is 1. The van der Waals surface area contributed by atoms with Crippen molar-refractivity contribution in [3.8, 4) is 0 Å². The number of aliphatic hydroxyl groups is 1. The van der Waals surface area contributed by atoms with Gasteiger partial charge in [-0.2, -0.15) is 0 Å². The highest BCUT2D eigenvalue weighted by Gasteiger charge is 2.19. The number of nitro groups is 1. The fourth-order valence-corrected chi connectivity index (χ4v) is 1.42. The Kier molecular flexibility index (Phi) is 4.82. The average molecular weight is 267 g/mol. The molecule has 0 saturated carbocycles. The molecule has 0 aliphatic rings. The first-order valence-electron chi connectivity index (χ1n) is 5.75. The summed E-state index contributed by atoms with van der Waals surface area (Å²) in [5.41, 5.74) is -0.525. The number of hydrogen-bond donors (Lipinski definition) is 3. The quantitative estimate of drug-likeness (QED) is 0.524. The highest BCUT2D eigenvalue weighted by Crippen LogP contribution is 2.22. The van der Waals surface area contributed by atoms with Gasteiger partial charge >= 0.3 is 0 Å². The first kappa shape index (κ1) is 14.9. The van der Waals surface area contributed by atoms with Gasteiger partial charge in [-0.05, 0) is 19.9 Å². The van der Waals surface area contributed by atoms with E-state index in [1.807, 2.05) is 0 Å². The summed E-state index contributed by atoms with van der Waals surface area (Å²) in [6, 6.07) is 6.09. The molecule has 0 spiro atoms. The highest BCUT2D eigenvalue weighted by molar-refractivity contribution is 5.82. The highest BCUT2D eigenvalue weighted by atomic mass is 16.6. The topological polar surface area (TPSA) is 104 Å². The van der Waals surface area contributed by atoms with E-state index in [0.29, 0.717) is 0 Å². The lowest BCUT2D eigenvalue weighted by atomic mass is 10.1. The minimum Gasteiger partial charge on any atom is -0.394 e. The zero-order valence-electron chi connectivity index (χ0n) is 10.8. The molecular formula is C12H17N3O4. The Morgan fingerprint density at radius 1 is 1.42 bits per heavy atom. The Labute approximate surface area is 110 Å². The maximum absolute atomic E-state index is 11.6. The molecule has 1 aromatic rings. The summed E-state index contributed by atoms with van der Waals surface area (Å²) >= 11 is 0. The van der Waals surface area contributed by atoms with E-state index in [2.05, 4.69) is 10.6 Å². The molecule has 7 heteroatoms. The summed E-state index contributed by atoms with van der Waals surface area (Å²) in [6.07, 6.45) is 0. The predicted molar refractivity (Wildman–Crippen MR) is 70.9 cm³/mol. The van der Waals surface area contributed by atoms with Crippen molar-refractivity contribution >= 4 is 17.3 Å². The van der Waals surface area contributed by atoms with E-state index in [0.717, 1.165) is 0 Å². The molecule has 7 nitrogen and oxygen atoms in total. The van der Waals surface area contributed by atoms with Crippen molar-refractivity contribution in [2.24, 2.45) is 0 Å². The SMILES string of the molecule is CC(C)(CO)NC(=O)CNc1ccccc1[N+](=O)[O-]. The number of benzene rings is 1. The zero-order chi connectivity index (χ0) is 14.5. The monoisotopic (exact) mass is 267 g/mol. The van der Waals surface area contributed by atoms with Gasteiger partial charge in [0, 0.05) is 6.07 Å². The largest absolute Gasteiger partial charge is 0.394 e. The van der Waals surface area contributed by atoms with Crippen LogP contribution < -0.4 is 10.6 Å². The van der Waals surface area contributed by atoms with Crippen molar-refractivity contribution in [2.75, 3.05) is 18.5 Å². The van der Waals surface area contributed by atoms with Gasteiger partial charge in [0.05, 0.1) is 23.6 Å². The zero-order valence-corrected chi connectivity index (χ0v) is 10.8. The number of para-hydroxylation sites is 2. The van der Waals surface area contributed by atoms with E-state index in [-0.39, 0.29) is 30.4 Å². The summed E-state index contributed by atoms with van der Waals surface area (Å²) in [6.45, 7) is 3.06. The molecule has 0 atom stereocenters. The van der Waals surface area contributed by atoms with Crippen LogP contribution in [0.2, 0.25) is 0 Å². The number of rotatable bonds is 6. The summed E-state index contributed by atoms with van der Waals surface area (Å²) < 4.78 is 0. The second kappa shape index (κ2) is 6.14. The summed E-state index contributed by atoms with van der Waals surface area (Å²) in [5.74, 6) is -0.350. The third-order valence-corrected chi connectivity index (χ3v) is 2.41. The van der Waals surface area contributed by atoms with Gasteiger partial charge in [0.15, 0.2) is 0 Å². The molecule has 0 aliphatic carbocycles. The Bertz CT molecular complexity index is 474. The molecule has 3 N–H and O–H groups in total. The second-order valence-electron chi connectivity index (χ2n) is 4.72. The Morgan fingerprint density at radius 2 is 2.05 bits per heavy atom. The molecule has 0 radical (unpaired) electrons. The molecule has 0 bridgehead atoms. The lowest BCUT2D eigenvalue weighted by Gasteiger charge is -2.23. The third-order valence-electron chi connectivity index (χ3n) is 2.41. The predicted octanol–water partition coefficient (Wildman–Crippen LogP) is 0.894. The molecule has 1 amide bonds. The number of nitro benzene ring substituents is 1. The number of nitrogens with zero attached hydrogens (tertiary/aromatic N) is 1. The number of carbonyl (C=O) groups is 1. The summed E-state index contributed by atoms with van der Waals surface area (Å²) in [7, 11) is 0. The molecule has 1 aromatic carbocycles. The minimum absolute atomic E-state index is 0.0864. The maximum Gasteiger partial charge on any atom is 0.292 e. The number of carbonyl (C=O) groups excluding carboxylic acids is 1. The van der Waals surface area contributed by atoms with Crippen molar-refractivity contribution < 1.29 is 14.8 Å². The lowest BCUT2D eigenvalue weighted by Crippen LogP contribution is -2.48. The third kappa shape index (κ3) is 4.55. The molecule has 0 fully saturated rings. The van der Waals surface area contributed by atoms with Crippen LogP contribution in [-0.4, -0.2) is 34.6 Å². The molecule has 0 aliphatic heterocycles. The van der Waals surface area contributed by atoms with Crippen LogP contribution in [0.4, 0.5) is 11.4 Å². The number of hydrogen-bond acceptors (Lipinski definition) is 5. The van der Waals surface area contributed by atoms with Gasteiger partial charge < -0.3 is 15.7 Å². The normalized spacial score (nSPS) is 10.9.